The highest BCUT2D eigenvalue weighted by atomic mass is 32.5. The zero-order valence-corrected chi connectivity index (χ0v) is 26.8. The Morgan fingerprint density at radius 1 is 1.02 bits per heavy atom. The first kappa shape index (κ1) is 36.2. The number of carbonyl (C=O) groups excluding carboxylic acids is 3. The highest BCUT2D eigenvalue weighted by Gasteiger charge is 2.65. The van der Waals surface area contributed by atoms with E-state index in [0.29, 0.717) is 12.1 Å². The predicted octanol–water partition coefficient (Wildman–Crippen LogP) is 6.93. The summed E-state index contributed by atoms with van der Waals surface area (Å²) in [6.07, 6.45) is -0.647. The number of nitrogens with zero attached hydrogens (tertiary/aromatic N) is 4. The molecule has 3 atom stereocenters. The number of benzene rings is 1. The summed E-state index contributed by atoms with van der Waals surface area (Å²) in [5.74, 6) is -4.82. The predicted molar refractivity (Wildman–Crippen MR) is 158 cm³/mol. The van der Waals surface area contributed by atoms with Gasteiger partial charge in [-0.1, -0.05) is 19.4 Å². The standard InChI is InChI=1S/C29H36F7N5O5S/c1-28(2,3)46-27(44)40-17-21(45-4)15-23(40)26(43)41(20-5-7-22(8-6-20)47(32,33,34,35)36)24(18-11-14-37-38-16-18)25(42)39-19-9-12-29(30,31)13-10-19/h5-8,11,14,16,19,21,23-24H,9-10,12-13,15,17H2,1-4H3,(H,39,42)/t21-,23-,24-/m1/s1. The second kappa shape index (κ2) is 12.1. The molecule has 10 nitrogen and oxygen atoms in total. The van der Waals surface area contributed by atoms with Crippen LogP contribution in [0.2, 0.25) is 0 Å². The number of aromatic nitrogens is 2. The number of rotatable bonds is 8. The van der Waals surface area contributed by atoms with E-state index in [4.69, 9.17) is 9.47 Å². The minimum Gasteiger partial charge on any atom is -0.444 e. The molecule has 1 aromatic heterocycles. The summed E-state index contributed by atoms with van der Waals surface area (Å²) in [6.45, 7) is 4.66. The molecule has 262 valence electrons. The highest BCUT2D eigenvalue weighted by molar-refractivity contribution is 8.45. The lowest BCUT2D eigenvalue weighted by molar-refractivity contribution is -0.129. The molecule has 3 amide bonds. The number of carbonyl (C=O) groups is 3. The Hall–Kier alpha value is -3.67. The number of likely N-dealkylation sites (tertiary alicyclic amines) is 1. The highest BCUT2D eigenvalue weighted by Crippen LogP contribution is 3.02. The van der Waals surface area contributed by atoms with Crippen molar-refractivity contribution in [1.82, 2.24) is 20.4 Å². The van der Waals surface area contributed by atoms with Gasteiger partial charge in [-0.2, -0.15) is 10.2 Å². The van der Waals surface area contributed by atoms with Gasteiger partial charge in [-0.05, 0) is 63.9 Å². The largest absolute Gasteiger partial charge is 0.444 e. The van der Waals surface area contributed by atoms with Crippen molar-refractivity contribution in [3.8, 4) is 0 Å². The molecule has 1 saturated carbocycles. The van der Waals surface area contributed by atoms with Gasteiger partial charge in [0.2, 0.25) is 11.8 Å². The number of alkyl halides is 2. The molecule has 2 aromatic rings. The summed E-state index contributed by atoms with van der Waals surface area (Å²) in [4.78, 5) is 41.4. The molecule has 47 heavy (non-hydrogen) atoms. The Bertz CT molecular complexity index is 1470. The van der Waals surface area contributed by atoms with Crippen LogP contribution in [-0.2, 0) is 19.1 Å². The number of ether oxygens (including phenoxy) is 2. The average Bonchev–Trinajstić information content (AvgIpc) is 3.40. The first-order chi connectivity index (χ1) is 21.5. The van der Waals surface area contributed by atoms with Gasteiger partial charge < -0.3 is 14.8 Å². The minimum atomic E-state index is -10.1. The number of nitrogens with one attached hydrogen (secondary N) is 1. The Labute approximate surface area is 266 Å². The van der Waals surface area contributed by atoms with E-state index < -0.39 is 87.3 Å². The molecule has 1 N–H and O–H groups in total. The minimum absolute atomic E-state index is 0.00823. The molecule has 2 heterocycles. The zero-order chi connectivity index (χ0) is 35.1. The van der Waals surface area contributed by atoms with Gasteiger partial charge >= 0.3 is 16.3 Å². The smallest absolute Gasteiger partial charge is 0.411 e. The fourth-order valence-corrected chi connectivity index (χ4v) is 6.15. The zero-order valence-electron chi connectivity index (χ0n) is 26.0. The maximum Gasteiger partial charge on any atom is 0.411 e. The van der Waals surface area contributed by atoms with Gasteiger partial charge in [0, 0.05) is 49.9 Å². The Kier molecular flexibility index (Phi) is 9.31. The topological polar surface area (TPSA) is 114 Å². The van der Waals surface area contributed by atoms with Crippen LogP contribution < -0.4 is 10.2 Å². The number of hydrogen-bond acceptors (Lipinski definition) is 7. The van der Waals surface area contributed by atoms with Crippen LogP contribution in [0, 0.1) is 0 Å². The van der Waals surface area contributed by atoms with Crippen molar-refractivity contribution in [2.24, 2.45) is 0 Å². The second-order valence-corrected chi connectivity index (χ2v) is 15.0. The van der Waals surface area contributed by atoms with Crippen LogP contribution in [-0.4, -0.2) is 76.4 Å². The Morgan fingerprint density at radius 2 is 1.64 bits per heavy atom. The lowest BCUT2D eigenvalue weighted by Crippen LogP contribution is -2.54. The molecular weight excluding hydrogens is 663 g/mol. The van der Waals surface area contributed by atoms with Crippen LogP contribution in [0.4, 0.5) is 38.7 Å². The molecule has 1 aliphatic carbocycles. The maximum atomic E-state index is 14.5. The van der Waals surface area contributed by atoms with Crippen LogP contribution in [0.5, 0.6) is 0 Å². The van der Waals surface area contributed by atoms with Gasteiger partial charge in [0.15, 0.2) is 0 Å². The molecule has 18 heteroatoms. The van der Waals surface area contributed by atoms with E-state index in [1.165, 1.54) is 19.4 Å². The van der Waals surface area contributed by atoms with Crippen molar-refractivity contribution in [2.45, 2.75) is 93.5 Å². The number of halogens is 7. The van der Waals surface area contributed by atoms with Crippen molar-refractivity contribution in [3.63, 3.8) is 0 Å². The second-order valence-electron chi connectivity index (χ2n) is 12.6. The molecular formula is C29H36F7N5O5S. The van der Waals surface area contributed by atoms with E-state index in [-0.39, 0.29) is 43.5 Å². The summed E-state index contributed by atoms with van der Waals surface area (Å²) in [6, 6.07) is -1.12. The van der Waals surface area contributed by atoms with Gasteiger partial charge in [0.25, 0.3) is 5.91 Å². The summed E-state index contributed by atoms with van der Waals surface area (Å²) >= 11 is 0. The lowest BCUT2D eigenvalue weighted by atomic mass is 9.91. The van der Waals surface area contributed by atoms with E-state index in [0.717, 1.165) is 16.0 Å². The molecule has 0 spiro atoms. The number of hydrogen-bond donors (Lipinski definition) is 1. The molecule has 0 bridgehead atoms. The third-order valence-corrected chi connectivity index (χ3v) is 8.96. The Morgan fingerprint density at radius 3 is 2.15 bits per heavy atom. The van der Waals surface area contributed by atoms with E-state index in [1.807, 2.05) is 0 Å². The summed E-state index contributed by atoms with van der Waals surface area (Å²) < 4.78 is 107. The third-order valence-electron chi connectivity index (χ3n) is 7.80. The van der Waals surface area contributed by atoms with Crippen LogP contribution in [0.3, 0.4) is 0 Å². The third kappa shape index (κ3) is 9.03. The first-order valence-electron chi connectivity index (χ1n) is 14.6. The maximum absolute atomic E-state index is 14.5. The van der Waals surface area contributed by atoms with Gasteiger partial charge in [0.05, 0.1) is 18.8 Å². The van der Waals surface area contributed by atoms with Crippen LogP contribution in [0.25, 0.3) is 0 Å². The lowest BCUT2D eigenvalue weighted by Gasteiger charge is -2.41. The van der Waals surface area contributed by atoms with Crippen molar-refractivity contribution in [3.05, 3.63) is 48.3 Å². The van der Waals surface area contributed by atoms with Crippen LogP contribution in [0.1, 0.15) is 64.5 Å². The Balaban J connectivity index is 1.83. The van der Waals surface area contributed by atoms with E-state index in [2.05, 4.69) is 15.5 Å². The molecule has 4 rings (SSSR count). The number of anilines is 1. The van der Waals surface area contributed by atoms with Gasteiger partial charge in [-0.3, -0.25) is 19.4 Å². The molecule has 2 aliphatic rings. The van der Waals surface area contributed by atoms with Gasteiger partial charge in [-0.25, -0.2) is 13.6 Å². The van der Waals surface area contributed by atoms with E-state index in [1.54, 1.807) is 20.8 Å². The number of amides is 3. The summed E-state index contributed by atoms with van der Waals surface area (Å²) in [7, 11) is -8.79. The quantitative estimate of drug-likeness (QED) is 0.298. The van der Waals surface area contributed by atoms with E-state index >= 15 is 0 Å². The molecule has 1 saturated heterocycles. The van der Waals surface area contributed by atoms with Crippen molar-refractivity contribution < 1.29 is 52.1 Å². The fourth-order valence-electron chi connectivity index (χ4n) is 5.50. The molecule has 2 fully saturated rings. The first-order valence-corrected chi connectivity index (χ1v) is 16.6. The molecule has 0 radical (unpaired) electrons. The summed E-state index contributed by atoms with van der Waals surface area (Å²) in [5.41, 5.74) is -1.38. The van der Waals surface area contributed by atoms with Crippen molar-refractivity contribution in [1.29, 1.82) is 0 Å². The van der Waals surface area contributed by atoms with Gasteiger partial charge in [0.1, 0.15) is 22.6 Å². The van der Waals surface area contributed by atoms with Crippen molar-refractivity contribution >= 4 is 33.8 Å². The molecule has 1 aromatic carbocycles. The molecule has 1 aliphatic heterocycles. The monoisotopic (exact) mass is 699 g/mol. The summed E-state index contributed by atoms with van der Waals surface area (Å²) in [5, 5.41) is 10.0. The van der Waals surface area contributed by atoms with Crippen LogP contribution >= 0.6 is 10.2 Å². The average molecular weight is 700 g/mol. The van der Waals surface area contributed by atoms with E-state index in [9.17, 15) is 42.6 Å². The van der Waals surface area contributed by atoms with Gasteiger partial charge in [-0.15, -0.1) is 0 Å². The molecule has 0 unspecified atom stereocenters. The fraction of sp³-hybridized carbons (Fsp3) is 0.552. The van der Waals surface area contributed by atoms with Crippen molar-refractivity contribution in [2.75, 3.05) is 18.6 Å². The number of methoxy groups -OCH3 is 1. The SMILES string of the molecule is CO[C@@H]1C[C@H](C(=O)N(c2ccc(S(F)(F)(F)(F)F)cc2)[C@@H](C(=O)NC2CCC(F)(F)CC2)c2ccnnc2)N(C(=O)OC(C)(C)C)C1. The normalized spacial score (nSPS) is 22.5. The van der Waals surface area contributed by atoms with Crippen LogP contribution in [0.15, 0.2) is 47.6 Å².